The quantitative estimate of drug-likeness (QED) is 0.759. The van der Waals surface area contributed by atoms with E-state index in [1.54, 1.807) is 12.1 Å². The van der Waals surface area contributed by atoms with E-state index in [1.807, 2.05) is 26.0 Å². The van der Waals surface area contributed by atoms with Gasteiger partial charge in [-0.1, -0.05) is 35.9 Å². The van der Waals surface area contributed by atoms with Crippen molar-refractivity contribution in [2.24, 2.45) is 0 Å². The van der Waals surface area contributed by atoms with Crippen molar-refractivity contribution in [2.75, 3.05) is 0 Å². The van der Waals surface area contributed by atoms with Gasteiger partial charge in [0.2, 0.25) is 5.91 Å². The first-order chi connectivity index (χ1) is 11.0. The summed E-state index contributed by atoms with van der Waals surface area (Å²) in [6.07, 6.45) is 0.870. The van der Waals surface area contributed by atoms with E-state index in [0.717, 1.165) is 11.1 Å². The van der Waals surface area contributed by atoms with E-state index in [1.165, 1.54) is 17.7 Å². The standard InChI is InChI=1S/C18H20N2O3/c1-12-7-8-14(13(2)11-12)9-10-17(22)19-20-18(23)15-5-3-4-6-16(15)21/h3-8,11,21H,9-10H2,1-2H3,(H,19,22)(H,20,23). The third kappa shape index (κ3) is 4.57. The van der Waals surface area contributed by atoms with Crippen LogP contribution in [-0.4, -0.2) is 16.9 Å². The summed E-state index contributed by atoms with van der Waals surface area (Å²) in [5.74, 6) is -0.966. The van der Waals surface area contributed by atoms with Crippen LogP contribution in [0.4, 0.5) is 0 Å². The molecule has 0 saturated heterocycles. The van der Waals surface area contributed by atoms with E-state index < -0.39 is 5.91 Å². The molecule has 2 aromatic rings. The molecule has 0 unspecified atom stereocenters. The summed E-state index contributed by atoms with van der Waals surface area (Å²) >= 11 is 0. The van der Waals surface area contributed by atoms with Gasteiger partial charge in [0.1, 0.15) is 5.75 Å². The normalized spacial score (nSPS) is 10.2. The number of benzene rings is 2. The number of carbonyl (C=O) groups is 2. The number of carbonyl (C=O) groups excluding carboxylic acids is 2. The Bertz CT molecular complexity index is 726. The van der Waals surface area contributed by atoms with Gasteiger partial charge in [0.25, 0.3) is 5.91 Å². The molecule has 5 nitrogen and oxygen atoms in total. The second-order valence-electron chi connectivity index (χ2n) is 5.45. The molecule has 0 radical (unpaired) electrons. The average molecular weight is 312 g/mol. The van der Waals surface area contributed by atoms with Crippen molar-refractivity contribution in [2.45, 2.75) is 26.7 Å². The minimum Gasteiger partial charge on any atom is -0.507 e. The van der Waals surface area contributed by atoms with E-state index >= 15 is 0 Å². The highest BCUT2D eigenvalue weighted by Gasteiger charge is 2.11. The maximum absolute atomic E-state index is 11.8. The zero-order chi connectivity index (χ0) is 16.8. The zero-order valence-corrected chi connectivity index (χ0v) is 13.2. The van der Waals surface area contributed by atoms with Crippen molar-refractivity contribution in [1.82, 2.24) is 10.9 Å². The van der Waals surface area contributed by atoms with Gasteiger partial charge in [-0.25, -0.2) is 0 Å². The SMILES string of the molecule is Cc1ccc(CCC(=O)NNC(=O)c2ccccc2O)c(C)c1. The van der Waals surface area contributed by atoms with Crippen LogP contribution in [0.25, 0.3) is 0 Å². The monoisotopic (exact) mass is 312 g/mol. The lowest BCUT2D eigenvalue weighted by atomic mass is 10.0. The smallest absolute Gasteiger partial charge is 0.273 e. The van der Waals surface area contributed by atoms with E-state index in [0.29, 0.717) is 6.42 Å². The Hall–Kier alpha value is -2.82. The molecule has 0 aliphatic heterocycles. The number of hydrogen-bond donors (Lipinski definition) is 3. The lowest BCUT2D eigenvalue weighted by molar-refractivity contribution is -0.121. The molecule has 120 valence electrons. The Morgan fingerprint density at radius 1 is 1.04 bits per heavy atom. The lowest BCUT2D eigenvalue weighted by Gasteiger charge is -2.09. The topological polar surface area (TPSA) is 78.4 Å². The average Bonchev–Trinajstić information content (AvgIpc) is 2.52. The van der Waals surface area contributed by atoms with Gasteiger partial charge >= 0.3 is 0 Å². The van der Waals surface area contributed by atoms with Crippen molar-refractivity contribution in [3.05, 3.63) is 64.7 Å². The Morgan fingerprint density at radius 2 is 1.78 bits per heavy atom. The van der Waals surface area contributed by atoms with Crippen molar-refractivity contribution >= 4 is 11.8 Å². The summed E-state index contributed by atoms with van der Waals surface area (Å²) in [5, 5.41) is 9.58. The van der Waals surface area contributed by atoms with Crippen molar-refractivity contribution in [3.8, 4) is 5.75 Å². The Balaban J connectivity index is 1.83. The number of rotatable bonds is 4. The van der Waals surface area contributed by atoms with Gasteiger partial charge in [0.15, 0.2) is 0 Å². The Morgan fingerprint density at radius 3 is 2.48 bits per heavy atom. The van der Waals surface area contributed by atoms with E-state index in [4.69, 9.17) is 0 Å². The first-order valence-corrected chi connectivity index (χ1v) is 7.40. The number of hydrogen-bond acceptors (Lipinski definition) is 3. The summed E-state index contributed by atoms with van der Waals surface area (Å²) in [5.41, 5.74) is 8.22. The molecule has 0 aromatic heterocycles. The molecule has 0 aliphatic rings. The first kappa shape index (κ1) is 16.5. The minimum absolute atomic E-state index is 0.113. The maximum Gasteiger partial charge on any atom is 0.273 e. The number of nitrogens with one attached hydrogen (secondary N) is 2. The van der Waals surface area contributed by atoms with E-state index in [9.17, 15) is 14.7 Å². The zero-order valence-electron chi connectivity index (χ0n) is 13.2. The molecule has 0 bridgehead atoms. The molecule has 0 saturated carbocycles. The molecule has 2 amide bonds. The van der Waals surface area contributed by atoms with Gasteiger partial charge in [-0.3, -0.25) is 20.4 Å². The Kier molecular flexibility index (Phi) is 5.36. The third-order valence-electron chi connectivity index (χ3n) is 3.58. The molecular weight excluding hydrogens is 292 g/mol. The van der Waals surface area contributed by atoms with Crippen LogP contribution in [0.3, 0.4) is 0 Å². The van der Waals surface area contributed by atoms with Crippen LogP contribution < -0.4 is 10.9 Å². The number of phenols is 1. The predicted octanol–water partition coefficient (Wildman–Crippen LogP) is 2.40. The molecule has 23 heavy (non-hydrogen) atoms. The fraction of sp³-hybridized carbons (Fsp3) is 0.222. The van der Waals surface area contributed by atoms with Crippen molar-refractivity contribution < 1.29 is 14.7 Å². The van der Waals surface area contributed by atoms with Gasteiger partial charge in [-0.15, -0.1) is 0 Å². The van der Waals surface area contributed by atoms with Gasteiger partial charge in [-0.2, -0.15) is 0 Å². The summed E-state index contributed by atoms with van der Waals surface area (Å²) < 4.78 is 0. The second-order valence-corrected chi connectivity index (χ2v) is 5.45. The van der Waals surface area contributed by atoms with Crippen LogP contribution in [0.15, 0.2) is 42.5 Å². The molecule has 5 heteroatoms. The number of aromatic hydroxyl groups is 1. The molecule has 3 N–H and O–H groups in total. The molecule has 0 aliphatic carbocycles. The largest absolute Gasteiger partial charge is 0.507 e. The van der Waals surface area contributed by atoms with Crippen LogP contribution >= 0.6 is 0 Å². The molecular formula is C18H20N2O3. The number of amides is 2. The number of aryl methyl sites for hydroxylation is 3. The lowest BCUT2D eigenvalue weighted by Crippen LogP contribution is -2.41. The van der Waals surface area contributed by atoms with Gasteiger partial charge in [0.05, 0.1) is 5.56 Å². The van der Waals surface area contributed by atoms with Crippen molar-refractivity contribution in [1.29, 1.82) is 0 Å². The third-order valence-corrected chi connectivity index (χ3v) is 3.58. The summed E-state index contributed by atoms with van der Waals surface area (Å²) in [6.45, 7) is 4.04. The van der Waals surface area contributed by atoms with Crippen LogP contribution in [0, 0.1) is 13.8 Å². The maximum atomic E-state index is 11.8. The molecule has 0 heterocycles. The van der Waals surface area contributed by atoms with Crippen molar-refractivity contribution in [3.63, 3.8) is 0 Å². The summed E-state index contributed by atoms with van der Waals surface area (Å²) in [7, 11) is 0. The molecule has 0 fully saturated rings. The highest BCUT2D eigenvalue weighted by atomic mass is 16.3. The molecule has 2 rings (SSSR count). The highest BCUT2D eigenvalue weighted by molar-refractivity contribution is 5.97. The second kappa shape index (κ2) is 7.45. The van der Waals surface area contributed by atoms with Gasteiger partial charge in [0, 0.05) is 6.42 Å². The van der Waals surface area contributed by atoms with Gasteiger partial charge in [-0.05, 0) is 43.5 Å². The summed E-state index contributed by atoms with van der Waals surface area (Å²) in [4.78, 5) is 23.7. The van der Waals surface area contributed by atoms with Crippen LogP contribution in [0.5, 0.6) is 5.75 Å². The van der Waals surface area contributed by atoms with Gasteiger partial charge < -0.3 is 5.11 Å². The van der Waals surface area contributed by atoms with E-state index in [2.05, 4.69) is 16.9 Å². The van der Waals surface area contributed by atoms with E-state index in [-0.39, 0.29) is 23.6 Å². The number of phenolic OH excluding ortho intramolecular Hbond substituents is 1. The fourth-order valence-corrected chi connectivity index (χ4v) is 2.30. The van der Waals surface area contributed by atoms with Crippen LogP contribution in [0.2, 0.25) is 0 Å². The Labute approximate surface area is 135 Å². The predicted molar refractivity (Wildman–Crippen MR) is 88.0 cm³/mol. The minimum atomic E-state index is -0.553. The fourth-order valence-electron chi connectivity index (χ4n) is 2.30. The molecule has 2 aromatic carbocycles. The van der Waals surface area contributed by atoms with Crippen LogP contribution in [0.1, 0.15) is 33.5 Å². The highest BCUT2D eigenvalue weighted by Crippen LogP contribution is 2.15. The molecule has 0 atom stereocenters. The summed E-state index contributed by atoms with van der Waals surface area (Å²) in [6, 6.07) is 12.3. The number of para-hydroxylation sites is 1. The number of hydrazine groups is 1. The molecule has 0 spiro atoms. The van der Waals surface area contributed by atoms with Crippen LogP contribution in [-0.2, 0) is 11.2 Å². The first-order valence-electron chi connectivity index (χ1n) is 7.40.